The molecule has 4 N–H and O–H groups in total. The van der Waals surface area contributed by atoms with Crippen LogP contribution in [0, 0.1) is 0 Å². The number of anilines is 1. The molecule has 0 fully saturated rings. The molecule has 1 aliphatic heterocycles. The smallest absolute Gasteiger partial charge is 0.252 e. The van der Waals surface area contributed by atoms with Gasteiger partial charge in [-0.3, -0.25) is 14.9 Å². The summed E-state index contributed by atoms with van der Waals surface area (Å²) in [7, 11) is 0. The average molecular weight is 351 g/mol. The summed E-state index contributed by atoms with van der Waals surface area (Å²) in [5.74, 6) is -0.314. The average Bonchev–Trinajstić information content (AvgIpc) is 2.97. The number of hydrogen-bond donors (Lipinski definition) is 4. The van der Waals surface area contributed by atoms with Crippen molar-refractivity contribution in [3.63, 3.8) is 0 Å². The van der Waals surface area contributed by atoms with Crippen LogP contribution >= 0.6 is 0 Å². The maximum atomic E-state index is 12.0. The molecule has 8 nitrogen and oxygen atoms in total. The number of aromatic hydroxyl groups is 1. The van der Waals surface area contributed by atoms with E-state index in [2.05, 4.69) is 26.2 Å². The Bertz CT molecular complexity index is 847. The highest BCUT2D eigenvalue weighted by Gasteiger charge is 2.28. The molecule has 3 rings (SSSR count). The third-order valence-corrected chi connectivity index (χ3v) is 3.54. The van der Waals surface area contributed by atoms with Crippen LogP contribution in [0.25, 0.3) is 0 Å². The Kier molecular flexibility index (Phi) is 5.23. The predicted octanol–water partition coefficient (Wildman–Crippen LogP) is 1.20. The lowest BCUT2D eigenvalue weighted by atomic mass is 10.2. The number of nitrogens with one attached hydrogen (secondary N) is 3. The van der Waals surface area contributed by atoms with Crippen LogP contribution in [0.3, 0.4) is 0 Å². The van der Waals surface area contributed by atoms with Crippen molar-refractivity contribution < 1.29 is 14.7 Å². The number of benzene rings is 2. The van der Waals surface area contributed by atoms with Gasteiger partial charge >= 0.3 is 0 Å². The van der Waals surface area contributed by atoms with Gasteiger partial charge in [0.1, 0.15) is 11.8 Å². The number of carbonyl (C=O) groups excluding carboxylic acids is 2. The quantitative estimate of drug-likeness (QED) is 0.478. The first kappa shape index (κ1) is 17.2. The lowest BCUT2D eigenvalue weighted by Crippen LogP contribution is -2.35. The van der Waals surface area contributed by atoms with Crippen LogP contribution in [0.5, 0.6) is 5.75 Å². The summed E-state index contributed by atoms with van der Waals surface area (Å²) < 4.78 is 0. The number of phenolic OH excluding ortho intramolecular Hbond substituents is 1. The van der Waals surface area contributed by atoms with E-state index in [0.717, 1.165) is 5.56 Å². The van der Waals surface area contributed by atoms with Gasteiger partial charge in [-0.15, -0.1) is 0 Å². The molecule has 2 aromatic rings. The Morgan fingerprint density at radius 3 is 2.65 bits per heavy atom. The van der Waals surface area contributed by atoms with Crippen molar-refractivity contribution in [3.8, 4) is 5.75 Å². The van der Waals surface area contributed by atoms with Crippen molar-refractivity contribution in [1.82, 2.24) is 10.7 Å². The number of aliphatic imine (C=N–C) groups is 1. The van der Waals surface area contributed by atoms with Gasteiger partial charge in [0.15, 0.2) is 0 Å². The maximum absolute atomic E-state index is 12.0. The van der Waals surface area contributed by atoms with Gasteiger partial charge in [0.25, 0.3) is 5.91 Å². The van der Waals surface area contributed by atoms with Crippen LogP contribution in [0.2, 0.25) is 0 Å². The van der Waals surface area contributed by atoms with Crippen LogP contribution in [0.1, 0.15) is 12.0 Å². The van der Waals surface area contributed by atoms with E-state index in [4.69, 9.17) is 0 Å². The molecular formula is C18H17N5O3. The SMILES string of the molecule is O=C(CC1N=C(N/N=C/c2ccc(O)cc2)NC1=O)Nc1ccccc1. The van der Waals surface area contributed by atoms with Crippen molar-refractivity contribution >= 4 is 29.7 Å². The van der Waals surface area contributed by atoms with E-state index in [1.54, 1.807) is 24.3 Å². The molecule has 0 aromatic heterocycles. The van der Waals surface area contributed by atoms with Crippen molar-refractivity contribution in [2.24, 2.45) is 10.1 Å². The summed E-state index contributed by atoms with van der Waals surface area (Å²) in [5, 5.41) is 18.4. The summed E-state index contributed by atoms with van der Waals surface area (Å²) in [6.45, 7) is 0. The van der Waals surface area contributed by atoms with Gasteiger partial charge in [-0.2, -0.15) is 5.10 Å². The number of para-hydroxylation sites is 1. The maximum Gasteiger partial charge on any atom is 0.252 e. The van der Waals surface area contributed by atoms with Gasteiger partial charge in [0.05, 0.1) is 12.6 Å². The van der Waals surface area contributed by atoms with Crippen molar-refractivity contribution in [1.29, 1.82) is 0 Å². The number of carbonyl (C=O) groups is 2. The highest BCUT2D eigenvalue weighted by Crippen LogP contribution is 2.10. The zero-order valence-corrected chi connectivity index (χ0v) is 13.7. The number of guanidine groups is 1. The number of hydrogen-bond acceptors (Lipinski definition) is 6. The second-order valence-corrected chi connectivity index (χ2v) is 5.56. The fourth-order valence-corrected chi connectivity index (χ4v) is 2.28. The largest absolute Gasteiger partial charge is 0.508 e. The van der Waals surface area contributed by atoms with Crippen LogP contribution < -0.4 is 16.1 Å². The standard InChI is InChI=1S/C18H17N5O3/c24-14-8-6-12(7-9-14)11-19-23-18-21-15(17(26)22-18)10-16(25)20-13-4-2-1-3-5-13/h1-9,11,15,24H,10H2,(H,20,25)(H2,21,22,23,26)/b19-11+. The minimum atomic E-state index is -0.801. The van der Waals surface area contributed by atoms with Crippen LogP contribution in [-0.4, -0.2) is 35.1 Å². The molecule has 1 atom stereocenters. The van der Waals surface area contributed by atoms with Crippen molar-refractivity contribution in [2.75, 3.05) is 5.32 Å². The van der Waals surface area contributed by atoms with Gasteiger partial charge in [-0.1, -0.05) is 18.2 Å². The van der Waals surface area contributed by atoms with Gasteiger partial charge in [0.2, 0.25) is 11.9 Å². The van der Waals surface area contributed by atoms with Crippen LogP contribution in [0.15, 0.2) is 64.7 Å². The number of phenols is 1. The first-order valence-corrected chi connectivity index (χ1v) is 7.92. The van der Waals surface area contributed by atoms with Crippen molar-refractivity contribution in [2.45, 2.75) is 12.5 Å². The highest BCUT2D eigenvalue weighted by molar-refractivity contribution is 6.07. The molecule has 8 heteroatoms. The van der Waals surface area contributed by atoms with Gasteiger partial charge in [-0.25, -0.2) is 10.4 Å². The predicted molar refractivity (Wildman–Crippen MR) is 97.9 cm³/mol. The fourth-order valence-electron chi connectivity index (χ4n) is 2.28. The topological polar surface area (TPSA) is 115 Å². The van der Waals surface area contributed by atoms with E-state index in [0.29, 0.717) is 5.69 Å². The molecule has 2 aromatic carbocycles. The first-order chi connectivity index (χ1) is 12.6. The number of nitrogens with zero attached hydrogens (tertiary/aromatic N) is 2. The zero-order valence-electron chi connectivity index (χ0n) is 13.7. The van der Waals surface area contributed by atoms with E-state index in [9.17, 15) is 14.7 Å². The molecule has 1 unspecified atom stereocenters. The molecule has 0 aliphatic carbocycles. The third kappa shape index (κ3) is 4.67. The Labute approximate surface area is 149 Å². The molecule has 132 valence electrons. The minimum absolute atomic E-state index is 0.0619. The molecule has 0 bridgehead atoms. The van der Waals surface area contributed by atoms with E-state index < -0.39 is 6.04 Å². The van der Waals surface area contributed by atoms with Crippen molar-refractivity contribution in [3.05, 3.63) is 60.2 Å². The van der Waals surface area contributed by atoms with Gasteiger partial charge < -0.3 is 10.4 Å². The third-order valence-electron chi connectivity index (χ3n) is 3.54. The fraction of sp³-hybridized carbons (Fsp3) is 0.111. The normalized spacial score (nSPS) is 16.2. The minimum Gasteiger partial charge on any atom is -0.508 e. The summed E-state index contributed by atoms with van der Waals surface area (Å²) in [6, 6.07) is 14.6. The lowest BCUT2D eigenvalue weighted by molar-refractivity contribution is -0.123. The Balaban J connectivity index is 1.53. The van der Waals surface area contributed by atoms with Gasteiger partial charge in [-0.05, 0) is 42.0 Å². The van der Waals surface area contributed by atoms with Gasteiger partial charge in [0, 0.05) is 5.69 Å². The molecule has 0 saturated carbocycles. The molecule has 26 heavy (non-hydrogen) atoms. The second-order valence-electron chi connectivity index (χ2n) is 5.56. The summed E-state index contributed by atoms with van der Waals surface area (Å²) in [5.41, 5.74) is 4.05. The second kappa shape index (κ2) is 7.93. The molecule has 1 aliphatic rings. The number of rotatable bonds is 5. The summed E-state index contributed by atoms with van der Waals surface area (Å²) >= 11 is 0. The summed E-state index contributed by atoms with van der Waals surface area (Å²) in [6.07, 6.45) is 1.46. The van der Waals surface area contributed by atoms with Crippen LogP contribution in [-0.2, 0) is 9.59 Å². The highest BCUT2D eigenvalue weighted by atomic mass is 16.3. The first-order valence-electron chi connectivity index (χ1n) is 7.92. The zero-order chi connectivity index (χ0) is 18.4. The molecule has 0 spiro atoms. The lowest BCUT2D eigenvalue weighted by Gasteiger charge is -2.06. The van der Waals surface area contributed by atoms with Crippen LogP contribution in [0.4, 0.5) is 5.69 Å². The van der Waals surface area contributed by atoms with E-state index in [-0.39, 0.29) is 29.9 Å². The van der Waals surface area contributed by atoms with E-state index >= 15 is 0 Å². The molecule has 2 amide bonds. The van der Waals surface area contributed by atoms with E-state index in [1.165, 1.54) is 18.3 Å². The Hall–Kier alpha value is -3.68. The Morgan fingerprint density at radius 2 is 1.92 bits per heavy atom. The summed E-state index contributed by atoms with van der Waals surface area (Å²) in [4.78, 5) is 28.1. The number of hydrazone groups is 1. The molecule has 0 radical (unpaired) electrons. The number of amides is 2. The van der Waals surface area contributed by atoms with E-state index in [1.807, 2.05) is 18.2 Å². The monoisotopic (exact) mass is 351 g/mol. The molecule has 1 heterocycles. The molecular weight excluding hydrogens is 334 g/mol. The molecule has 0 saturated heterocycles. The Morgan fingerprint density at radius 1 is 1.19 bits per heavy atom.